The van der Waals surface area contributed by atoms with E-state index in [-0.39, 0.29) is 29.4 Å². The van der Waals surface area contributed by atoms with Gasteiger partial charge in [0.05, 0.1) is 0 Å². The topological polar surface area (TPSA) is 68.0 Å². The molecule has 0 unspecified atom stereocenters. The Labute approximate surface area is 128 Å². The standard InChI is InChI=1S/C14H13F4N3O2/c1-2-3-11(22)19-7-9-5-4-8(6-10(9)15)12-20-13(23-21-12)14(16,17)18/h4-6H,2-3,7H2,1H3,(H,19,22). The van der Waals surface area contributed by atoms with Crippen LogP contribution in [0.25, 0.3) is 11.4 Å². The number of nitrogens with zero attached hydrogens (tertiary/aromatic N) is 2. The third kappa shape index (κ3) is 4.27. The van der Waals surface area contributed by atoms with Crippen molar-refractivity contribution in [1.29, 1.82) is 0 Å². The zero-order valence-electron chi connectivity index (χ0n) is 12.1. The molecule has 1 heterocycles. The van der Waals surface area contributed by atoms with Crippen LogP contribution in [0.2, 0.25) is 0 Å². The average Bonchev–Trinajstić information content (AvgIpc) is 2.96. The maximum atomic E-state index is 14.0. The highest BCUT2D eigenvalue weighted by molar-refractivity contribution is 5.75. The lowest BCUT2D eigenvalue weighted by Gasteiger charge is -2.06. The lowest BCUT2D eigenvalue weighted by atomic mass is 10.1. The number of halogens is 4. The summed E-state index contributed by atoms with van der Waals surface area (Å²) in [6.07, 6.45) is -3.75. The Morgan fingerprint density at radius 3 is 2.65 bits per heavy atom. The Balaban J connectivity index is 2.13. The molecule has 23 heavy (non-hydrogen) atoms. The van der Waals surface area contributed by atoms with Crippen molar-refractivity contribution in [2.45, 2.75) is 32.5 Å². The van der Waals surface area contributed by atoms with E-state index in [4.69, 9.17) is 0 Å². The third-order valence-corrected chi connectivity index (χ3v) is 2.93. The summed E-state index contributed by atoms with van der Waals surface area (Å²) >= 11 is 0. The summed E-state index contributed by atoms with van der Waals surface area (Å²) in [5.74, 6) is -2.75. The van der Waals surface area contributed by atoms with Crippen LogP contribution in [-0.4, -0.2) is 16.0 Å². The van der Waals surface area contributed by atoms with Crippen LogP contribution in [0.4, 0.5) is 17.6 Å². The van der Waals surface area contributed by atoms with E-state index in [1.165, 1.54) is 12.1 Å². The fourth-order valence-corrected chi connectivity index (χ4v) is 1.79. The second-order valence-electron chi connectivity index (χ2n) is 4.75. The van der Waals surface area contributed by atoms with Gasteiger partial charge in [-0.1, -0.05) is 24.2 Å². The number of hydrogen-bond donors (Lipinski definition) is 1. The van der Waals surface area contributed by atoms with Gasteiger partial charge in [0, 0.05) is 24.1 Å². The summed E-state index contributed by atoms with van der Waals surface area (Å²) in [5.41, 5.74) is 0.253. The van der Waals surface area contributed by atoms with Gasteiger partial charge in [0.2, 0.25) is 11.7 Å². The number of benzene rings is 1. The van der Waals surface area contributed by atoms with Crippen molar-refractivity contribution in [2.24, 2.45) is 0 Å². The molecule has 124 valence electrons. The molecule has 5 nitrogen and oxygen atoms in total. The molecular formula is C14H13F4N3O2. The highest BCUT2D eigenvalue weighted by atomic mass is 19.4. The number of alkyl halides is 3. The maximum Gasteiger partial charge on any atom is 0.471 e. The zero-order chi connectivity index (χ0) is 17.0. The van der Waals surface area contributed by atoms with Gasteiger partial charge in [-0.25, -0.2) is 4.39 Å². The minimum atomic E-state index is -4.76. The van der Waals surface area contributed by atoms with Gasteiger partial charge in [-0.2, -0.15) is 18.2 Å². The SMILES string of the molecule is CCCC(=O)NCc1ccc(-c2noc(C(F)(F)F)n2)cc1F. The predicted octanol–water partition coefficient (Wildman–Crippen LogP) is 3.31. The molecule has 2 aromatic rings. The summed E-state index contributed by atoms with van der Waals surface area (Å²) in [5, 5.41) is 5.73. The largest absolute Gasteiger partial charge is 0.471 e. The van der Waals surface area contributed by atoms with Crippen LogP contribution in [0.1, 0.15) is 31.2 Å². The minimum Gasteiger partial charge on any atom is -0.352 e. The smallest absolute Gasteiger partial charge is 0.352 e. The van der Waals surface area contributed by atoms with Gasteiger partial charge in [0.25, 0.3) is 0 Å². The Bertz CT molecular complexity index is 698. The molecule has 1 aromatic carbocycles. The van der Waals surface area contributed by atoms with Crippen molar-refractivity contribution in [3.8, 4) is 11.4 Å². The number of nitrogens with one attached hydrogen (secondary N) is 1. The number of amides is 1. The van der Waals surface area contributed by atoms with Crippen LogP contribution < -0.4 is 5.32 Å². The van der Waals surface area contributed by atoms with Crippen LogP contribution in [0.15, 0.2) is 22.7 Å². The molecule has 0 saturated heterocycles. The molecule has 1 N–H and O–H groups in total. The summed E-state index contributed by atoms with van der Waals surface area (Å²) in [7, 11) is 0. The average molecular weight is 331 g/mol. The van der Waals surface area contributed by atoms with Gasteiger partial charge in [-0.3, -0.25) is 4.79 Å². The van der Waals surface area contributed by atoms with Gasteiger partial charge in [-0.15, -0.1) is 0 Å². The fourth-order valence-electron chi connectivity index (χ4n) is 1.79. The first-order valence-corrected chi connectivity index (χ1v) is 6.77. The second kappa shape index (κ2) is 6.76. The molecule has 0 fully saturated rings. The summed E-state index contributed by atoms with van der Waals surface area (Å²) < 4.78 is 55.2. The molecular weight excluding hydrogens is 318 g/mol. The Morgan fingerprint density at radius 1 is 1.35 bits per heavy atom. The van der Waals surface area contributed by atoms with Crippen LogP contribution in [0, 0.1) is 5.82 Å². The highest BCUT2D eigenvalue weighted by Gasteiger charge is 2.38. The van der Waals surface area contributed by atoms with E-state index < -0.39 is 17.9 Å². The van der Waals surface area contributed by atoms with E-state index in [1.54, 1.807) is 0 Å². The molecule has 1 aromatic heterocycles. The first-order chi connectivity index (χ1) is 10.8. The molecule has 0 aliphatic rings. The van der Waals surface area contributed by atoms with E-state index in [0.717, 1.165) is 6.07 Å². The molecule has 0 aliphatic heterocycles. The van der Waals surface area contributed by atoms with Crippen LogP contribution >= 0.6 is 0 Å². The van der Waals surface area contributed by atoms with E-state index >= 15 is 0 Å². The Kier molecular flexibility index (Phi) is 4.97. The lowest BCUT2D eigenvalue weighted by molar-refractivity contribution is -0.159. The number of carbonyl (C=O) groups is 1. The van der Waals surface area contributed by atoms with Crippen molar-refractivity contribution < 1.29 is 26.9 Å². The lowest BCUT2D eigenvalue weighted by Crippen LogP contribution is -2.22. The van der Waals surface area contributed by atoms with E-state index in [0.29, 0.717) is 12.8 Å². The molecule has 0 radical (unpaired) electrons. The third-order valence-electron chi connectivity index (χ3n) is 2.93. The molecule has 0 atom stereocenters. The number of rotatable bonds is 5. The van der Waals surface area contributed by atoms with Crippen molar-refractivity contribution in [3.63, 3.8) is 0 Å². The molecule has 9 heteroatoms. The summed E-state index contributed by atoms with van der Waals surface area (Å²) in [6, 6.07) is 3.70. The highest BCUT2D eigenvalue weighted by Crippen LogP contribution is 2.29. The maximum absolute atomic E-state index is 14.0. The van der Waals surface area contributed by atoms with Gasteiger partial charge in [-0.05, 0) is 12.5 Å². The first-order valence-electron chi connectivity index (χ1n) is 6.77. The normalized spacial score (nSPS) is 11.5. The fraction of sp³-hybridized carbons (Fsp3) is 0.357. The predicted molar refractivity (Wildman–Crippen MR) is 71.4 cm³/mol. The number of carbonyl (C=O) groups excluding carboxylic acids is 1. The monoisotopic (exact) mass is 331 g/mol. The molecule has 0 bridgehead atoms. The zero-order valence-corrected chi connectivity index (χ0v) is 12.1. The molecule has 0 aliphatic carbocycles. The Morgan fingerprint density at radius 2 is 2.09 bits per heavy atom. The van der Waals surface area contributed by atoms with Crippen LogP contribution in [0.3, 0.4) is 0 Å². The van der Waals surface area contributed by atoms with E-state index in [2.05, 4.69) is 20.0 Å². The van der Waals surface area contributed by atoms with Crippen molar-refractivity contribution in [3.05, 3.63) is 35.5 Å². The molecule has 2 rings (SSSR count). The summed E-state index contributed by atoms with van der Waals surface area (Å²) in [4.78, 5) is 14.5. The molecule has 0 saturated carbocycles. The summed E-state index contributed by atoms with van der Waals surface area (Å²) in [6.45, 7) is 1.83. The second-order valence-corrected chi connectivity index (χ2v) is 4.75. The molecule has 1 amide bonds. The quantitative estimate of drug-likeness (QED) is 0.854. The van der Waals surface area contributed by atoms with E-state index in [9.17, 15) is 22.4 Å². The van der Waals surface area contributed by atoms with Gasteiger partial charge in [0.1, 0.15) is 5.82 Å². The number of aromatic nitrogens is 2. The van der Waals surface area contributed by atoms with Gasteiger partial charge in [0.15, 0.2) is 0 Å². The van der Waals surface area contributed by atoms with Crippen LogP contribution in [0.5, 0.6) is 0 Å². The first kappa shape index (κ1) is 16.9. The molecule has 0 spiro atoms. The number of hydrogen-bond acceptors (Lipinski definition) is 4. The van der Waals surface area contributed by atoms with Crippen molar-refractivity contribution in [1.82, 2.24) is 15.5 Å². The van der Waals surface area contributed by atoms with Gasteiger partial charge >= 0.3 is 12.1 Å². The van der Waals surface area contributed by atoms with E-state index in [1.807, 2.05) is 6.92 Å². The minimum absolute atomic E-state index is 0.00894. The Hall–Kier alpha value is -2.45. The van der Waals surface area contributed by atoms with Crippen LogP contribution in [-0.2, 0) is 17.5 Å². The van der Waals surface area contributed by atoms with Crippen molar-refractivity contribution >= 4 is 5.91 Å². The van der Waals surface area contributed by atoms with Crippen molar-refractivity contribution in [2.75, 3.05) is 0 Å². The van der Waals surface area contributed by atoms with Gasteiger partial charge < -0.3 is 9.84 Å².